The van der Waals surface area contributed by atoms with Gasteiger partial charge in [-0.3, -0.25) is 34.9 Å². The Morgan fingerprint density at radius 3 is 2.29 bits per heavy atom. The van der Waals surface area contributed by atoms with Crippen molar-refractivity contribution in [2.24, 2.45) is 17.8 Å². The number of allylic oxidation sites excluding steroid dienone is 2. The van der Waals surface area contributed by atoms with Crippen molar-refractivity contribution in [3.8, 4) is 0 Å². The Hall–Kier alpha value is -3.98. The van der Waals surface area contributed by atoms with Crippen LogP contribution in [0.2, 0.25) is 5.02 Å². The molecule has 0 unspecified atom stereocenters. The molecule has 1 aliphatic heterocycles. The highest BCUT2D eigenvalue weighted by Gasteiger charge is 2.50. The zero-order valence-corrected chi connectivity index (χ0v) is 19.5. The van der Waals surface area contributed by atoms with Crippen molar-refractivity contribution in [3.05, 3.63) is 76.8 Å². The molecule has 0 bridgehead atoms. The second-order valence-corrected chi connectivity index (χ2v) is 8.74. The van der Waals surface area contributed by atoms with Crippen LogP contribution >= 0.6 is 11.6 Å². The number of rotatable bonds is 5. The van der Waals surface area contributed by atoms with Crippen molar-refractivity contribution in [2.75, 3.05) is 11.5 Å². The number of hydrogen-bond acceptors (Lipinski definition) is 6. The first kappa shape index (κ1) is 24.2. The highest BCUT2D eigenvalue weighted by atomic mass is 35.5. The van der Waals surface area contributed by atoms with E-state index in [4.69, 9.17) is 16.3 Å². The SMILES string of the molecule is C[C@@H]1C=CC[C@@H]2C(=O)N(c3ccc(C(=O)OCC(=O)NNC(=O)c4ccc(Cl)cc4)cc3)C(=O)[C@@H]12. The maximum absolute atomic E-state index is 12.9. The lowest BCUT2D eigenvalue weighted by atomic mass is 9.78. The summed E-state index contributed by atoms with van der Waals surface area (Å²) in [7, 11) is 0. The summed E-state index contributed by atoms with van der Waals surface area (Å²) in [6, 6.07) is 11.9. The molecule has 2 aromatic carbocycles. The van der Waals surface area contributed by atoms with E-state index in [2.05, 4.69) is 10.9 Å². The van der Waals surface area contributed by atoms with E-state index >= 15 is 0 Å². The van der Waals surface area contributed by atoms with E-state index < -0.39 is 24.4 Å². The van der Waals surface area contributed by atoms with Gasteiger partial charge in [0.25, 0.3) is 11.8 Å². The Bertz CT molecular complexity index is 1210. The highest BCUT2D eigenvalue weighted by molar-refractivity contribution is 6.30. The minimum absolute atomic E-state index is 0.0217. The number of imide groups is 1. The lowest BCUT2D eigenvalue weighted by Crippen LogP contribution is -2.43. The number of amides is 4. The Kier molecular flexibility index (Phi) is 6.97. The van der Waals surface area contributed by atoms with E-state index in [1.165, 1.54) is 53.4 Å². The molecule has 4 rings (SSSR count). The molecule has 180 valence electrons. The molecule has 1 saturated heterocycles. The van der Waals surface area contributed by atoms with Crippen molar-refractivity contribution < 1.29 is 28.7 Å². The number of halogens is 1. The number of esters is 1. The first-order valence-electron chi connectivity index (χ1n) is 10.9. The molecule has 1 heterocycles. The van der Waals surface area contributed by atoms with Gasteiger partial charge in [-0.05, 0) is 60.9 Å². The van der Waals surface area contributed by atoms with Crippen LogP contribution < -0.4 is 15.8 Å². The van der Waals surface area contributed by atoms with Crippen molar-refractivity contribution in [1.82, 2.24) is 10.9 Å². The smallest absolute Gasteiger partial charge is 0.338 e. The second-order valence-electron chi connectivity index (χ2n) is 8.30. The van der Waals surface area contributed by atoms with Gasteiger partial charge in [-0.25, -0.2) is 4.79 Å². The van der Waals surface area contributed by atoms with Crippen LogP contribution in [0.5, 0.6) is 0 Å². The Balaban J connectivity index is 1.29. The summed E-state index contributed by atoms with van der Waals surface area (Å²) < 4.78 is 4.97. The number of carbonyl (C=O) groups is 5. The molecule has 2 aliphatic rings. The van der Waals surface area contributed by atoms with Gasteiger partial charge in [-0.15, -0.1) is 0 Å². The molecule has 0 radical (unpaired) electrons. The highest BCUT2D eigenvalue weighted by Crippen LogP contribution is 2.40. The number of hydrogen-bond donors (Lipinski definition) is 2. The van der Waals surface area contributed by atoms with E-state index in [0.29, 0.717) is 17.1 Å². The van der Waals surface area contributed by atoms with Gasteiger partial charge in [0.1, 0.15) is 0 Å². The molecule has 10 heteroatoms. The zero-order chi connectivity index (χ0) is 25.1. The summed E-state index contributed by atoms with van der Waals surface area (Å²) in [4.78, 5) is 63.0. The molecule has 0 aromatic heterocycles. The third-order valence-electron chi connectivity index (χ3n) is 5.99. The van der Waals surface area contributed by atoms with Crippen molar-refractivity contribution in [2.45, 2.75) is 13.3 Å². The Labute approximate surface area is 206 Å². The normalized spacial score (nSPS) is 20.9. The van der Waals surface area contributed by atoms with Crippen LogP contribution in [0.4, 0.5) is 5.69 Å². The van der Waals surface area contributed by atoms with Gasteiger partial charge in [0.05, 0.1) is 23.1 Å². The zero-order valence-electron chi connectivity index (χ0n) is 18.7. The maximum Gasteiger partial charge on any atom is 0.338 e. The first-order chi connectivity index (χ1) is 16.8. The van der Waals surface area contributed by atoms with Crippen LogP contribution in [-0.4, -0.2) is 36.2 Å². The van der Waals surface area contributed by atoms with Crippen LogP contribution in [0.25, 0.3) is 0 Å². The number of nitrogens with zero attached hydrogens (tertiary/aromatic N) is 1. The van der Waals surface area contributed by atoms with Gasteiger partial charge in [-0.2, -0.15) is 0 Å². The van der Waals surface area contributed by atoms with E-state index in [9.17, 15) is 24.0 Å². The van der Waals surface area contributed by atoms with Crippen molar-refractivity contribution >= 4 is 46.9 Å². The topological polar surface area (TPSA) is 122 Å². The molecule has 2 aromatic rings. The predicted octanol–water partition coefficient (Wildman–Crippen LogP) is 2.66. The van der Waals surface area contributed by atoms with E-state index in [1.54, 1.807) is 0 Å². The fourth-order valence-electron chi connectivity index (χ4n) is 4.20. The predicted molar refractivity (Wildman–Crippen MR) is 126 cm³/mol. The molecule has 1 fully saturated rings. The van der Waals surface area contributed by atoms with Crippen molar-refractivity contribution in [3.63, 3.8) is 0 Å². The van der Waals surface area contributed by atoms with Crippen molar-refractivity contribution in [1.29, 1.82) is 0 Å². The molecule has 3 atom stereocenters. The molecule has 1 aliphatic carbocycles. The monoisotopic (exact) mass is 495 g/mol. The Morgan fingerprint density at radius 1 is 0.971 bits per heavy atom. The second kappa shape index (κ2) is 10.1. The number of nitrogens with one attached hydrogen (secondary N) is 2. The van der Waals surface area contributed by atoms with Gasteiger partial charge in [0.15, 0.2) is 6.61 Å². The quantitative estimate of drug-likeness (QED) is 0.284. The van der Waals surface area contributed by atoms with Crippen LogP contribution in [0.15, 0.2) is 60.7 Å². The summed E-state index contributed by atoms with van der Waals surface area (Å²) in [5, 5.41) is 0.467. The van der Waals surface area contributed by atoms with Gasteiger partial charge in [0, 0.05) is 10.6 Å². The van der Waals surface area contributed by atoms with E-state index in [1.807, 2.05) is 19.1 Å². The average Bonchev–Trinajstić information content (AvgIpc) is 3.12. The third-order valence-corrected chi connectivity index (χ3v) is 6.24. The number of hydrazine groups is 1. The summed E-state index contributed by atoms with van der Waals surface area (Å²) in [5.74, 6) is -3.34. The molecule has 9 nitrogen and oxygen atoms in total. The fourth-order valence-corrected chi connectivity index (χ4v) is 4.32. The van der Waals surface area contributed by atoms with Gasteiger partial charge in [0.2, 0.25) is 11.8 Å². The lowest BCUT2D eigenvalue weighted by Gasteiger charge is -2.22. The van der Waals surface area contributed by atoms with Crippen LogP contribution in [0.1, 0.15) is 34.1 Å². The largest absolute Gasteiger partial charge is 0.452 e. The van der Waals surface area contributed by atoms with Crippen LogP contribution in [0.3, 0.4) is 0 Å². The molecular weight excluding hydrogens is 474 g/mol. The molecule has 4 amide bonds. The molecule has 35 heavy (non-hydrogen) atoms. The van der Waals surface area contributed by atoms with Gasteiger partial charge < -0.3 is 4.74 Å². The Morgan fingerprint density at radius 2 is 1.63 bits per heavy atom. The number of ether oxygens (including phenoxy) is 1. The number of anilines is 1. The first-order valence-corrected chi connectivity index (χ1v) is 11.3. The minimum Gasteiger partial charge on any atom is -0.452 e. The van der Waals surface area contributed by atoms with Crippen LogP contribution in [-0.2, 0) is 19.1 Å². The summed E-state index contributed by atoms with van der Waals surface area (Å²) in [6.45, 7) is 1.29. The summed E-state index contributed by atoms with van der Waals surface area (Å²) in [5.41, 5.74) is 5.15. The fraction of sp³-hybridized carbons (Fsp3) is 0.240. The summed E-state index contributed by atoms with van der Waals surface area (Å²) in [6.07, 6.45) is 4.41. The van der Waals surface area contributed by atoms with Crippen LogP contribution in [0, 0.1) is 17.8 Å². The number of fused-ring (bicyclic) bond motifs is 1. The van der Waals surface area contributed by atoms with Gasteiger partial charge >= 0.3 is 5.97 Å². The summed E-state index contributed by atoms with van der Waals surface area (Å²) >= 11 is 5.77. The molecule has 2 N–H and O–H groups in total. The minimum atomic E-state index is -0.777. The molecule has 0 spiro atoms. The maximum atomic E-state index is 12.9. The number of benzene rings is 2. The number of carbonyl (C=O) groups excluding carboxylic acids is 5. The molecule has 0 saturated carbocycles. The lowest BCUT2D eigenvalue weighted by molar-refractivity contribution is -0.125. The van der Waals surface area contributed by atoms with Gasteiger partial charge in [-0.1, -0.05) is 30.7 Å². The van der Waals surface area contributed by atoms with E-state index in [0.717, 1.165) is 0 Å². The molecular formula is C25H22ClN3O6. The average molecular weight is 496 g/mol. The standard InChI is InChI=1S/C25H22ClN3O6/c1-14-3-2-4-19-21(14)24(33)29(23(19)32)18-11-7-16(8-12-18)25(34)35-13-20(30)27-28-22(31)15-5-9-17(26)10-6-15/h2-3,5-12,14,19,21H,4,13H2,1H3,(H,27,30)(H,28,31)/t14-,19+,21+/m1/s1. The third kappa shape index (κ3) is 5.09. The van der Waals surface area contributed by atoms with E-state index in [-0.39, 0.29) is 40.7 Å².